The first-order chi connectivity index (χ1) is 14.2. The number of aromatic amines is 1. The van der Waals surface area contributed by atoms with Crippen molar-refractivity contribution in [2.45, 2.75) is 0 Å². The Morgan fingerprint density at radius 2 is 1.83 bits per heavy atom. The van der Waals surface area contributed by atoms with Crippen molar-refractivity contribution in [2.75, 3.05) is 19.5 Å². The zero-order valence-corrected chi connectivity index (χ0v) is 16.0. The summed E-state index contributed by atoms with van der Waals surface area (Å²) < 4.78 is 10.8. The number of hydrogen-bond acceptors (Lipinski definition) is 6. The molecule has 0 saturated heterocycles. The first-order valence-corrected chi connectivity index (χ1v) is 9.08. The number of nitrogens with one attached hydrogen (secondary N) is 2. The third-order valence-corrected chi connectivity index (χ3v) is 4.92. The summed E-state index contributed by atoms with van der Waals surface area (Å²) in [6.07, 6.45) is 7.34. The van der Waals surface area contributed by atoms with Crippen molar-refractivity contribution in [3.05, 3.63) is 61.1 Å². The number of quaternary nitrogens is 1. The Balaban J connectivity index is 1.58. The molecule has 0 aliphatic carbocycles. The van der Waals surface area contributed by atoms with E-state index in [0.717, 1.165) is 22.3 Å². The van der Waals surface area contributed by atoms with E-state index in [9.17, 15) is 0 Å². The van der Waals surface area contributed by atoms with E-state index < -0.39 is 0 Å². The minimum Gasteiger partial charge on any atom is -0.497 e. The Morgan fingerprint density at radius 1 is 1.03 bits per heavy atom. The molecule has 2 aliphatic rings. The maximum absolute atomic E-state index is 5.35. The van der Waals surface area contributed by atoms with Gasteiger partial charge in [-0.15, -0.1) is 0 Å². The number of rotatable bonds is 4. The Bertz CT molecular complexity index is 1200. The van der Waals surface area contributed by atoms with Crippen LogP contribution < -0.4 is 19.4 Å². The molecule has 0 bridgehead atoms. The molecule has 0 amide bonds. The minimum absolute atomic E-state index is 0.108. The van der Waals surface area contributed by atoms with Gasteiger partial charge in [0.1, 0.15) is 17.7 Å². The number of para-hydroxylation sites is 1. The lowest BCUT2D eigenvalue weighted by Gasteiger charge is -2.22. The van der Waals surface area contributed by atoms with E-state index in [4.69, 9.17) is 14.6 Å². The standard InChI is InChI=1S/C21H19N6O2/c1-28-15-9-14(10-16(11-15)29-2)24-21-25-20-13-22-7-8-27(20,26-21)19-12-23-18-6-4-3-5-17(18)19/h3-13,23H,1-2H3,(H,24,26)/q+1. The van der Waals surface area contributed by atoms with Crippen molar-refractivity contribution in [3.8, 4) is 11.5 Å². The first kappa shape index (κ1) is 17.2. The maximum Gasteiger partial charge on any atom is 0.287 e. The molecule has 2 N–H and O–H groups in total. The topological polar surface area (TPSA) is 83.4 Å². The van der Waals surface area contributed by atoms with Crippen molar-refractivity contribution in [1.82, 2.24) is 9.58 Å². The van der Waals surface area contributed by atoms with Gasteiger partial charge in [0.15, 0.2) is 11.9 Å². The second-order valence-electron chi connectivity index (χ2n) is 6.60. The van der Waals surface area contributed by atoms with Crippen LogP contribution in [0, 0.1) is 0 Å². The quantitative estimate of drug-likeness (QED) is 0.667. The molecule has 5 rings (SSSR count). The number of amidine groups is 1. The van der Waals surface area contributed by atoms with Crippen molar-refractivity contribution in [3.63, 3.8) is 0 Å². The fraction of sp³-hybridized carbons (Fsp3) is 0.0952. The SMILES string of the molecule is COc1cc(NC2=N[N+]3(c4c[nH]c5ccccc45)C=CN=CC3=N2)cc(OC)c1. The summed E-state index contributed by atoms with van der Waals surface area (Å²) in [5, 5.41) is 9.24. The van der Waals surface area contributed by atoms with Gasteiger partial charge in [-0.25, -0.2) is 0 Å². The van der Waals surface area contributed by atoms with Crippen molar-refractivity contribution in [2.24, 2.45) is 15.1 Å². The lowest BCUT2D eigenvalue weighted by atomic mass is 10.2. The highest BCUT2D eigenvalue weighted by atomic mass is 16.5. The highest BCUT2D eigenvalue weighted by Crippen LogP contribution is 2.37. The lowest BCUT2D eigenvalue weighted by Crippen LogP contribution is -2.44. The Morgan fingerprint density at radius 3 is 2.62 bits per heavy atom. The second kappa shape index (κ2) is 6.61. The fourth-order valence-electron chi connectivity index (χ4n) is 3.54. The van der Waals surface area contributed by atoms with Crippen LogP contribution in [0.25, 0.3) is 10.9 Å². The van der Waals surface area contributed by atoms with Gasteiger partial charge >= 0.3 is 0 Å². The summed E-state index contributed by atoms with van der Waals surface area (Å²) in [5.41, 5.74) is 2.78. The normalized spacial score (nSPS) is 19.7. The number of anilines is 1. The number of aliphatic imine (C=N–C) groups is 2. The summed E-state index contributed by atoms with van der Waals surface area (Å²) >= 11 is 0. The van der Waals surface area contributed by atoms with Gasteiger partial charge in [-0.3, -0.25) is 4.99 Å². The molecule has 0 saturated carbocycles. The van der Waals surface area contributed by atoms with Gasteiger partial charge in [0, 0.05) is 23.9 Å². The molecular formula is C21H19N6O2+. The number of methoxy groups -OCH3 is 2. The number of fused-ring (bicyclic) bond motifs is 2. The third kappa shape index (κ3) is 2.77. The molecule has 1 aromatic heterocycles. The number of hydrogen-bond donors (Lipinski definition) is 2. The number of H-pyrrole nitrogens is 1. The molecule has 1 atom stereocenters. The molecule has 3 heterocycles. The number of aromatic nitrogens is 1. The van der Waals surface area contributed by atoms with E-state index in [1.54, 1.807) is 26.6 Å². The molecule has 0 spiro atoms. The van der Waals surface area contributed by atoms with E-state index >= 15 is 0 Å². The summed E-state index contributed by atoms with van der Waals surface area (Å²) in [4.78, 5) is 12.2. The van der Waals surface area contributed by atoms with Gasteiger partial charge in [-0.1, -0.05) is 16.7 Å². The Kier molecular flexibility index (Phi) is 3.92. The molecular weight excluding hydrogens is 368 g/mol. The summed E-state index contributed by atoms with van der Waals surface area (Å²) in [7, 11) is 3.23. The van der Waals surface area contributed by atoms with Gasteiger partial charge in [0.25, 0.3) is 11.8 Å². The molecule has 0 radical (unpaired) electrons. The first-order valence-electron chi connectivity index (χ1n) is 9.08. The van der Waals surface area contributed by atoms with Crippen LogP contribution in [0.15, 0.2) is 76.1 Å². The van der Waals surface area contributed by atoms with Gasteiger partial charge in [0.2, 0.25) is 0 Å². The number of benzene rings is 2. The lowest BCUT2D eigenvalue weighted by molar-refractivity contribution is 0.395. The zero-order valence-electron chi connectivity index (χ0n) is 16.0. The van der Waals surface area contributed by atoms with E-state index in [-0.39, 0.29) is 4.59 Å². The Labute approximate surface area is 167 Å². The van der Waals surface area contributed by atoms with Gasteiger partial charge in [-0.2, -0.15) is 4.99 Å². The molecule has 144 valence electrons. The second-order valence-corrected chi connectivity index (χ2v) is 6.60. The highest BCUT2D eigenvalue weighted by Gasteiger charge is 2.44. The molecule has 2 aromatic carbocycles. The molecule has 8 nitrogen and oxygen atoms in total. The predicted molar refractivity (Wildman–Crippen MR) is 116 cm³/mol. The smallest absolute Gasteiger partial charge is 0.287 e. The summed E-state index contributed by atoms with van der Waals surface area (Å²) in [6, 6.07) is 13.7. The van der Waals surface area contributed by atoms with Crippen LogP contribution in [0.5, 0.6) is 11.5 Å². The number of guanidine groups is 1. The van der Waals surface area contributed by atoms with Crippen LogP contribution in [-0.4, -0.2) is 37.2 Å². The molecule has 3 aromatic rings. The van der Waals surface area contributed by atoms with Crippen LogP contribution in [0.3, 0.4) is 0 Å². The van der Waals surface area contributed by atoms with Crippen LogP contribution in [0.2, 0.25) is 0 Å². The van der Waals surface area contributed by atoms with Crippen LogP contribution >= 0.6 is 0 Å². The monoisotopic (exact) mass is 387 g/mol. The molecule has 2 aliphatic heterocycles. The zero-order chi connectivity index (χ0) is 19.8. The highest BCUT2D eigenvalue weighted by molar-refractivity contribution is 6.39. The summed E-state index contributed by atoms with van der Waals surface area (Å²) in [5.74, 6) is 2.53. The van der Waals surface area contributed by atoms with Crippen molar-refractivity contribution < 1.29 is 9.47 Å². The Hall–Kier alpha value is -3.91. The van der Waals surface area contributed by atoms with Gasteiger partial charge < -0.3 is 19.8 Å². The largest absolute Gasteiger partial charge is 0.497 e. The molecule has 1 unspecified atom stereocenters. The number of ether oxygens (including phenoxy) is 2. The van der Waals surface area contributed by atoms with E-state index in [1.807, 2.05) is 48.8 Å². The third-order valence-electron chi connectivity index (χ3n) is 4.92. The average molecular weight is 387 g/mol. The predicted octanol–water partition coefficient (Wildman–Crippen LogP) is 3.84. The summed E-state index contributed by atoms with van der Waals surface area (Å²) in [6.45, 7) is 0. The molecule has 8 heteroatoms. The van der Waals surface area contributed by atoms with Crippen LogP contribution in [-0.2, 0) is 0 Å². The van der Waals surface area contributed by atoms with E-state index in [1.165, 1.54) is 0 Å². The maximum atomic E-state index is 5.35. The van der Waals surface area contributed by atoms with Gasteiger partial charge in [-0.05, 0) is 17.2 Å². The molecule has 0 fully saturated rings. The fourth-order valence-corrected chi connectivity index (χ4v) is 3.54. The van der Waals surface area contributed by atoms with Crippen LogP contribution in [0.4, 0.5) is 11.4 Å². The van der Waals surface area contributed by atoms with E-state index in [2.05, 4.69) is 26.4 Å². The average Bonchev–Trinajstić information content (AvgIpc) is 3.35. The van der Waals surface area contributed by atoms with Gasteiger partial charge in [0.05, 0.1) is 37.5 Å². The minimum atomic E-state index is 0.108. The van der Waals surface area contributed by atoms with Crippen molar-refractivity contribution in [1.29, 1.82) is 0 Å². The number of nitrogens with zero attached hydrogens (tertiary/aromatic N) is 4. The van der Waals surface area contributed by atoms with E-state index in [0.29, 0.717) is 23.3 Å². The molecule has 29 heavy (non-hydrogen) atoms. The van der Waals surface area contributed by atoms with Crippen LogP contribution in [0.1, 0.15) is 0 Å². The van der Waals surface area contributed by atoms with Crippen molar-refractivity contribution >= 4 is 40.3 Å².